The van der Waals surface area contributed by atoms with Crippen molar-refractivity contribution >= 4 is 21.8 Å². The normalized spacial score (nSPS) is 14.5. The average Bonchev–Trinajstić information content (AvgIpc) is 3.02. The maximum Gasteiger partial charge on any atom is 0.269 e. The Morgan fingerprint density at radius 1 is 0.909 bits per heavy atom. The SMILES string of the molecule is CC(C)N1C(=O)c2ccc(C(=O)NCCC(c3ccccc3)c3ccccc3)cc2S1(=O)=O. The van der Waals surface area contributed by atoms with Crippen molar-refractivity contribution in [3.05, 3.63) is 101 Å². The molecule has 0 aliphatic carbocycles. The van der Waals surface area contributed by atoms with E-state index in [1.54, 1.807) is 13.8 Å². The van der Waals surface area contributed by atoms with E-state index in [1.165, 1.54) is 18.2 Å². The van der Waals surface area contributed by atoms with Crippen molar-refractivity contribution < 1.29 is 18.0 Å². The lowest BCUT2D eigenvalue weighted by Gasteiger charge is -2.19. The van der Waals surface area contributed by atoms with Crippen molar-refractivity contribution in [2.45, 2.75) is 37.1 Å². The molecule has 3 aromatic rings. The molecule has 1 aliphatic heterocycles. The molecule has 0 saturated heterocycles. The number of carbonyl (C=O) groups excluding carboxylic acids is 2. The summed E-state index contributed by atoms with van der Waals surface area (Å²) in [5.74, 6) is -0.811. The highest BCUT2D eigenvalue weighted by Crippen LogP contribution is 2.32. The number of sulfonamides is 1. The van der Waals surface area contributed by atoms with E-state index in [-0.39, 0.29) is 27.8 Å². The lowest BCUT2D eigenvalue weighted by Crippen LogP contribution is -2.36. The summed E-state index contributed by atoms with van der Waals surface area (Å²) in [6, 6.07) is 23.9. The Kier molecular flexibility index (Phi) is 6.33. The van der Waals surface area contributed by atoms with E-state index in [0.29, 0.717) is 13.0 Å². The van der Waals surface area contributed by atoms with Gasteiger partial charge in [0.05, 0.1) is 5.56 Å². The van der Waals surface area contributed by atoms with Gasteiger partial charge in [0.25, 0.3) is 21.8 Å². The van der Waals surface area contributed by atoms with E-state index >= 15 is 0 Å². The first-order valence-corrected chi connectivity index (χ1v) is 12.4. The number of nitrogens with zero attached hydrogens (tertiary/aromatic N) is 1. The molecule has 0 radical (unpaired) electrons. The van der Waals surface area contributed by atoms with E-state index in [0.717, 1.165) is 15.4 Å². The molecule has 0 bridgehead atoms. The third kappa shape index (κ3) is 4.41. The van der Waals surface area contributed by atoms with Crippen LogP contribution in [0.2, 0.25) is 0 Å². The molecule has 1 N–H and O–H groups in total. The largest absolute Gasteiger partial charge is 0.352 e. The molecule has 0 saturated carbocycles. The number of hydrogen-bond acceptors (Lipinski definition) is 4. The van der Waals surface area contributed by atoms with Crippen molar-refractivity contribution in [3.8, 4) is 0 Å². The van der Waals surface area contributed by atoms with Gasteiger partial charge < -0.3 is 5.32 Å². The maximum atomic E-state index is 12.8. The van der Waals surface area contributed by atoms with Crippen LogP contribution < -0.4 is 5.32 Å². The second kappa shape index (κ2) is 9.19. The van der Waals surface area contributed by atoms with Crippen molar-refractivity contribution in [2.75, 3.05) is 6.54 Å². The fraction of sp³-hybridized carbons (Fsp3) is 0.231. The van der Waals surface area contributed by atoms with Crippen LogP contribution in [0.1, 0.15) is 58.0 Å². The highest BCUT2D eigenvalue weighted by atomic mass is 32.2. The Morgan fingerprint density at radius 3 is 2.03 bits per heavy atom. The van der Waals surface area contributed by atoms with Gasteiger partial charge in [-0.2, -0.15) is 0 Å². The van der Waals surface area contributed by atoms with Crippen molar-refractivity contribution in [1.29, 1.82) is 0 Å². The Labute approximate surface area is 194 Å². The van der Waals surface area contributed by atoms with Gasteiger partial charge in [-0.3, -0.25) is 9.59 Å². The molecule has 6 nitrogen and oxygen atoms in total. The van der Waals surface area contributed by atoms with Gasteiger partial charge in [-0.15, -0.1) is 0 Å². The monoisotopic (exact) mass is 462 g/mol. The molecule has 3 aromatic carbocycles. The number of carbonyl (C=O) groups is 2. The number of rotatable bonds is 7. The smallest absolute Gasteiger partial charge is 0.269 e. The van der Waals surface area contributed by atoms with Crippen molar-refractivity contribution in [3.63, 3.8) is 0 Å². The molecule has 2 amide bonds. The third-order valence-corrected chi connectivity index (χ3v) is 7.80. The summed E-state index contributed by atoms with van der Waals surface area (Å²) in [7, 11) is -3.95. The topological polar surface area (TPSA) is 83.6 Å². The number of fused-ring (bicyclic) bond motifs is 1. The molecule has 0 aromatic heterocycles. The molecule has 33 heavy (non-hydrogen) atoms. The highest BCUT2D eigenvalue weighted by Gasteiger charge is 2.42. The second-order valence-electron chi connectivity index (χ2n) is 8.33. The lowest BCUT2D eigenvalue weighted by molar-refractivity contribution is 0.0845. The van der Waals surface area contributed by atoms with Gasteiger partial charge in [-0.05, 0) is 49.6 Å². The van der Waals surface area contributed by atoms with Crippen molar-refractivity contribution in [1.82, 2.24) is 9.62 Å². The predicted octanol–water partition coefficient (Wildman–Crippen LogP) is 4.19. The summed E-state index contributed by atoms with van der Waals surface area (Å²) in [5.41, 5.74) is 2.64. The summed E-state index contributed by atoms with van der Waals surface area (Å²) >= 11 is 0. The minimum Gasteiger partial charge on any atom is -0.352 e. The fourth-order valence-corrected chi connectivity index (χ4v) is 6.02. The summed E-state index contributed by atoms with van der Waals surface area (Å²) in [4.78, 5) is 25.2. The van der Waals surface area contributed by atoms with Gasteiger partial charge in [0.2, 0.25) is 0 Å². The molecule has 0 fully saturated rings. The quantitative estimate of drug-likeness (QED) is 0.571. The van der Waals surface area contributed by atoms with Crippen LogP contribution >= 0.6 is 0 Å². The lowest BCUT2D eigenvalue weighted by atomic mass is 9.88. The highest BCUT2D eigenvalue weighted by molar-refractivity contribution is 7.90. The summed E-state index contributed by atoms with van der Waals surface area (Å²) in [6.45, 7) is 3.70. The van der Waals surface area contributed by atoms with Crippen molar-refractivity contribution in [2.24, 2.45) is 0 Å². The van der Waals surface area contributed by atoms with Gasteiger partial charge in [0.1, 0.15) is 4.90 Å². The van der Waals surface area contributed by atoms with Gasteiger partial charge in [0, 0.05) is 24.1 Å². The molecule has 1 aliphatic rings. The minimum absolute atomic E-state index is 0.105. The second-order valence-corrected chi connectivity index (χ2v) is 10.1. The Bertz CT molecular complexity index is 1230. The summed E-state index contributed by atoms with van der Waals surface area (Å²) in [6.07, 6.45) is 0.683. The van der Waals surface area contributed by atoms with Crippen LogP contribution in [0.25, 0.3) is 0 Å². The molecular formula is C26H26N2O4S. The van der Waals surface area contributed by atoms with Gasteiger partial charge in [-0.1, -0.05) is 60.7 Å². The fourth-order valence-electron chi connectivity index (χ4n) is 4.23. The van der Waals surface area contributed by atoms with E-state index < -0.39 is 22.0 Å². The Balaban J connectivity index is 1.50. The zero-order valence-corrected chi connectivity index (χ0v) is 19.4. The number of amides is 2. The van der Waals surface area contributed by atoms with Crippen LogP contribution in [0, 0.1) is 0 Å². The Hall–Kier alpha value is -3.45. The standard InChI is InChI=1S/C26H26N2O4S/c1-18(2)28-26(30)23-14-13-21(17-24(23)33(28,31)32)25(29)27-16-15-22(19-9-5-3-6-10-19)20-11-7-4-8-12-20/h3-14,17-18,22H,15-16H2,1-2H3,(H,27,29). The van der Waals surface area contributed by atoms with Gasteiger partial charge >= 0.3 is 0 Å². The first kappa shape index (κ1) is 22.7. The van der Waals surface area contributed by atoms with Gasteiger partial charge in [-0.25, -0.2) is 12.7 Å². The number of hydrogen-bond donors (Lipinski definition) is 1. The van der Waals surface area contributed by atoms with E-state index in [1.807, 2.05) is 36.4 Å². The predicted molar refractivity (Wildman–Crippen MR) is 127 cm³/mol. The summed E-state index contributed by atoms with van der Waals surface area (Å²) in [5, 5.41) is 2.90. The first-order chi connectivity index (χ1) is 15.8. The zero-order valence-electron chi connectivity index (χ0n) is 18.6. The van der Waals surface area contributed by atoms with E-state index in [9.17, 15) is 18.0 Å². The third-order valence-electron chi connectivity index (χ3n) is 5.80. The van der Waals surface area contributed by atoms with Crippen LogP contribution in [0.3, 0.4) is 0 Å². The van der Waals surface area contributed by atoms with Crippen LogP contribution in [0.5, 0.6) is 0 Å². The maximum absolute atomic E-state index is 12.8. The molecule has 7 heteroatoms. The first-order valence-electron chi connectivity index (χ1n) is 10.9. The number of benzene rings is 3. The number of nitrogens with one attached hydrogen (secondary N) is 1. The Morgan fingerprint density at radius 2 is 1.48 bits per heavy atom. The molecule has 4 rings (SSSR count). The molecule has 170 valence electrons. The molecular weight excluding hydrogens is 436 g/mol. The molecule has 0 spiro atoms. The van der Waals surface area contributed by atoms with Crippen LogP contribution in [0.4, 0.5) is 0 Å². The molecule has 1 heterocycles. The molecule has 0 unspecified atom stereocenters. The van der Waals surface area contributed by atoms with E-state index in [2.05, 4.69) is 29.6 Å². The minimum atomic E-state index is -3.95. The average molecular weight is 463 g/mol. The van der Waals surface area contributed by atoms with Crippen LogP contribution in [-0.4, -0.2) is 37.1 Å². The zero-order chi connectivity index (χ0) is 23.6. The van der Waals surface area contributed by atoms with Crippen LogP contribution in [0.15, 0.2) is 83.8 Å². The molecule has 0 atom stereocenters. The summed E-state index contributed by atoms with van der Waals surface area (Å²) < 4.78 is 26.5. The van der Waals surface area contributed by atoms with Gasteiger partial charge in [0.15, 0.2) is 0 Å². The van der Waals surface area contributed by atoms with E-state index in [4.69, 9.17) is 0 Å². The van der Waals surface area contributed by atoms with Crippen LogP contribution in [-0.2, 0) is 10.0 Å².